The van der Waals surface area contributed by atoms with Crippen LogP contribution < -0.4 is 5.32 Å². The van der Waals surface area contributed by atoms with Crippen LogP contribution in [0.25, 0.3) is 0 Å². The van der Waals surface area contributed by atoms with Crippen LogP contribution in [0.4, 0.5) is 0 Å². The van der Waals surface area contributed by atoms with Crippen LogP contribution in [-0.4, -0.2) is 44.2 Å². The molecule has 0 radical (unpaired) electrons. The van der Waals surface area contributed by atoms with Crippen LogP contribution in [0.15, 0.2) is 12.5 Å². The van der Waals surface area contributed by atoms with Gasteiger partial charge in [-0.05, 0) is 0 Å². The summed E-state index contributed by atoms with van der Waals surface area (Å²) in [6.07, 6.45) is 2.53. The number of aliphatic carboxylic acids is 2. The Morgan fingerprint density at radius 2 is 2.06 bits per heavy atom. The first-order valence-corrected chi connectivity index (χ1v) is 4.78. The highest BCUT2D eigenvalue weighted by Gasteiger charge is 2.39. The largest absolute Gasteiger partial charge is 0.481 e. The maximum atomic E-state index is 11.4. The van der Waals surface area contributed by atoms with Gasteiger partial charge in [-0.3, -0.25) is 14.4 Å². The van der Waals surface area contributed by atoms with Crippen molar-refractivity contribution in [2.75, 3.05) is 6.54 Å². The van der Waals surface area contributed by atoms with E-state index in [4.69, 9.17) is 10.2 Å². The average molecular weight is 276 g/mol. The Labute approximate surface area is 107 Å². The van der Waals surface area contributed by atoms with Crippen molar-refractivity contribution in [2.24, 2.45) is 5.92 Å². The van der Waals surface area contributed by atoms with Gasteiger partial charge in [0.1, 0.15) is 5.69 Å². The third kappa shape index (κ3) is 2.14. The number of fused-ring (bicyclic) bond motifs is 1. The molecule has 1 aliphatic heterocycles. The van der Waals surface area contributed by atoms with E-state index in [1.165, 1.54) is 17.1 Å². The molecule has 1 amide bonds. The lowest BCUT2D eigenvalue weighted by atomic mass is 9.98. The van der Waals surface area contributed by atoms with Crippen LogP contribution in [0.2, 0.25) is 0 Å². The minimum Gasteiger partial charge on any atom is -0.481 e. The van der Waals surface area contributed by atoms with Crippen LogP contribution in [0.1, 0.15) is 16.5 Å². The minimum atomic E-state index is -1.62. The number of nitrogens with one attached hydrogen (secondary N) is 1. The number of imidazole rings is 1. The predicted octanol–water partition coefficient (Wildman–Crippen LogP) is -0.625. The van der Waals surface area contributed by atoms with Gasteiger partial charge in [-0.25, -0.2) is 4.98 Å². The van der Waals surface area contributed by atoms with Crippen LogP contribution in [-0.2, 0) is 9.59 Å². The second kappa shape index (κ2) is 5.05. The molecule has 2 rings (SSSR count). The van der Waals surface area contributed by atoms with Crippen molar-refractivity contribution in [1.29, 1.82) is 0 Å². The number of carbonyl (C=O) groups is 3. The highest BCUT2D eigenvalue weighted by atomic mass is 35.5. The number of amides is 1. The number of aromatic nitrogens is 2. The van der Waals surface area contributed by atoms with Crippen molar-refractivity contribution in [3.8, 4) is 0 Å². The number of carboxylic acids is 2. The summed E-state index contributed by atoms with van der Waals surface area (Å²) in [5.41, 5.74) is 0.161. The molecule has 0 aromatic carbocycles. The van der Waals surface area contributed by atoms with Crippen molar-refractivity contribution in [1.82, 2.24) is 14.9 Å². The standard InChI is InChI=1S/C9H9N3O5.ClH/c13-7-5-1-10-3-12(5)4(2-11-7)6(8(14)15)9(16)17;/h1,3-4,6H,2H2,(H,11,13)(H,14,15)(H,16,17);1H. The summed E-state index contributed by atoms with van der Waals surface area (Å²) in [6, 6.07) is -0.875. The number of nitrogens with zero attached hydrogens (tertiary/aromatic N) is 2. The molecule has 0 saturated heterocycles. The Morgan fingerprint density at radius 1 is 1.44 bits per heavy atom. The second-order valence-corrected chi connectivity index (χ2v) is 3.62. The fourth-order valence-electron chi connectivity index (χ4n) is 1.84. The maximum Gasteiger partial charge on any atom is 0.320 e. The fraction of sp³-hybridized carbons (Fsp3) is 0.333. The van der Waals surface area contributed by atoms with Gasteiger partial charge >= 0.3 is 11.9 Å². The average Bonchev–Trinajstić information content (AvgIpc) is 2.70. The zero-order valence-corrected chi connectivity index (χ0v) is 9.75. The molecule has 0 spiro atoms. The number of carbonyl (C=O) groups excluding carboxylic acids is 1. The van der Waals surface area contributed by atoms with Crippen molar-refractivity contribution in [3.63, 3.8) is 0 Å². The summed E-state index contributed by atoms with van der Waals surface area (Å²) in [5, 5.41) is 20.2. The van der Waals surface area contributed by atoms with Gasteiger partial charge in [0.25, 0.3) is 5.91 Å². The summed E-state index contributed by atoms with van der Waals surface area (Å²) in [5.74, 6) is -4.91. The van der Waals surface area contributed by atoms with Crippen molar-refractivity contribution >= 4 is 30.3 Å². The minimum absolute atomic E-state index is 0. The van der Waals surface area contributed by atoms with Crippen LogP contribution >= 0.6 is 12.4 Å². The summed E-state index contributed by atoms with van der Waals surface area (Å²) in [7, 11) is 0. The van der Waals surface area contributed by atoms with Gasteiger partial charge in [0.2, 0.25) is 0 Å². The predicted molar refractivity (Wildman–Crippen MR) is 59.6 cm³/mol. The number of rotatable bonds is 3. The van der Waals surface area contributed by atoms with Gasteiger partial charge in [0, 0.05) is 6.54 Å². The first-order valence-electron chi connectivity index (χ1n) is 4.78. The third-order valence-corrected chi connectivity index (χ3v) is 2.64. The molecule has 9 heteroatoms. The Balaban J connectivity index is 0.00000162. The monoisotopic (exact) mass is 275 g/mol. The molecule has 1 aromatic heterocycles. The number of hydrogen-bond acceptors (Lipinski definition) is 4. The molecule has 2 heterocycles. The Bertz CT molecular complexity index is 486. The van der Waals surface area contributed by atoms with E-state index in [0.29, 0.717) is 0 Å². The van der Waals surface area contributed by atoms with E-state index in [1.54, 1.807) is 0 Å². The lowest BCUT2D eigenvalue weighted by molar-refractivity contribution is -0.156. The first-order chi connectivity index (χ1) is 8.02. The fourth-order valence-corrected chi connectivity index (χ4v) is 1.84. The summed E-state index contributed by atoms with van der Waals surface area (Å²) >= 11 is 0. The second-order valence-electron chi connectivity index (χ2n) is 3.62. The van der Waals surface area contributed by atoms with Gasteiger partial charge in [-0.1, -0.05) is 0 Å². The van der Waals surface area contributed by atoms with E-state index in [1.807, 2.05) is 0 Å². The van der Waals surface area contributed by atoms with Gasteiger partial charge in [0.15, 0.2) is 5.92 Å². The Morgan fingerprint density at radius 3 is 2.61 bits per heavy atom. The lowest BCUT2D eigenvalue weighted by Crippen LogP contribution is -2.45. The van der Waals surface area contributed by atoms with Crippen LogP contribution in [0.3, 0.4) is 0 Å². The summed E-state index contributed by atoms with van der Waals surface area (Å²) in [6.45, 7) is -0.0501. The van der Waals surface area contributed by atoms with Gasteiger partial charge < -0.3 is 20.1 Å². The molecule has 3 N–H and O–H groups in total. The van der Waals surface area contributed by atoms with Crippen LogP contribution in [0.5, 0.6) is 0 Å². The topological polar surface area (TPSA) is 122 Å². The third-order valence-electron chi connectivity index (χ3n) is 2.64. The zero-order valence-electron chi connectivity index (χ0n) is 8.94. The number of carboxylic acid groups (broad SMARTS) is 2. The van der Waals surface area contributed by atoms with E-state index >= 15 is 0 Å². The van der Waals surface area contributed by atoms with Crippen molar-refractivity contribution in [3.05, 3.63) is 18.2 Å². The normalized spacial score (nSPS) is 17.6. The highest BCUT2D eigenvalue weighted by molar-refractivity contribution is 5.96. The molecule has 1 atom stereocenters. The smallest absolute Gasteiger partial charge is 0.320 e. The molecule has 0 bridgehead atoms. The SMILES string of the molecule is Cl.O=C1NCC(C(C(=O)O)C(=O)O)n2cncc21. The van der Waals surface area contributed by atoms with Gasteiger partial charge in [0.05, 0.1) is 18.6 Å². The summed E-state index contributed by atoms with van der Waals surface area (Å²) in [4.78, 5) is 37.0. The van der Waals surface area contributed by atoms with Gasteiger partial charge in [-0.2, -0.15) is 0 Å². The highest BCUT2D eigenvalue weighted by Crippen LogP contribution is 2.23. The van der Waals surface area contributed by atoms with E-state index < -0.39 is 29.8 Å². The summed E-state index contributed by atoms with van der Waals surface area (Å²) < 4.78 is 1.28. The molecule has 1 unspecified atom stereocenters. The molecule has 1 aliphatic rings. The maximum absolute atomic E-state index is 11.4. The molecule has 1 aromatic rings. The van der Waals surface area contributed by atoms with E-state index in [-0.39, 0.29) is 24.6 Å². The van der Waals surface area contributed by atoms with E-state index in [9.17, 15) is 14.4 Å². The van der Waals surface area contributed by atoms with E-state index in [0.717, 1.165) is 0 Å². The number of halogens is 1. The molecular weight excluding hydrogens is 266 g/mol. The Kier molecular flexibility index (Phi) is 3.92. The quantitative estimate of drug-likeness (QED) is 0.632. The molecule has 8 nitrogen and oxygen atoms in total. The molecular formula is C9H10ClN3O5. The molecule has 0 saturated carbocycles. The molecule has 0 aliphatic carbocycles. The van der Waals surface area contributed by atoms with E-state index in [2.05, 4.69) is 10.3 Å². The zero-order chi connectivity index (χ0) is 12.6. The molecule has 0 fully saturated rings. The molecule has 18 heavy (non-hydrogen) atoms. The lowest BCUT2D eigenvalue weighted by Gasteiger charge is -2.28. The number of hydrogen-bond donors (Lipinski definition) is 3. The Hall–Kier alpha value is -2.09. The first kappa shape index (κ1) is 14.0. The van der Waals surface area contributed by atoms with Crippen molar-refractivity contribution in [2.45, 2.75) is 6.04 Å². The van der Waals surface area contributed by atoms with Gasteiger partial charge in [-0.15, -0.1) is 12.4 Å². The van der Waals surface area contributed by atoms with Crippen LogP contribution in [0, 0.1) is 5.92 Å². The molecule has 98 valence electrons. The van der Waals surface area contributed by atoms with Crippen molar-refractivity contribution < 1.29 is 24.6 Å².